The Morgan fingerprint density at radius 3 is 2.33 bits per heavy atom. The fourth-order valence-electron chi connectivity index (χ4n) is 1.39. The van der Waals surface area contributed by atoms with Crippen LogP contribution in [0.3, 0.4) is 0 Å². The fourth-order valence-corrected chi connectivity index (χ4v) is 2.23. The monoisotopic (exact) mass is 264 g/mol. The summed E-state index contributed by atoms with van der Waals surface area (Å²) in [4.78, 5) is 11.5. The SMILES string of the molecule is CCOC(=O)/C=C(\O[Si](C)(C)C)c1ccccc1. The molecule has 0 spiro atoms. The first-order chi connectivity index (χ1) is 8.42. The lowest BCUT2D eigenvalue weighted by Gasteiger charge is -2.21. The first-order valence-electron chi connectivity index (χ1n) is 6.05. The summed E-state index contributed by atoms with van der Waals surface area (Å²) < 4.78 is 10.9. The topological polar surface area (TPSA) is 35.5 Å². The van der Waals surface area contributed by atoms with Crippen LogP contribution in [0.25, 0.3) is 5.76 Å². The normalized spacial score (nSPS) is 12.1. The maximum Gasteiger partial charge on any atom is 0.334 e. The van der Waals surface area contributed by atoms with Gasteiger partial charge in [-0.2, -0.15) is 0 Å². The molecular weight excluding hydrogens is 244 g/mol. The highest BCUT2D eigenvalue weighted by Crippen LogP contribution is 2.21. The van der Waals surface area contributed by atoms with Crippen LogP contribution in [-0.4, -0.2) is 20.9 Å². The van der Waals surface area contributed by atoms with E-state index in [-0.39, 0.29) is 5.97 Å². The molecule has 98 valence electrons. The van der Waals surface area contributed by atoms with Crippen LogP contribution < -0.4 is 0 Å². The summed E-state index contributed by atoms with van der Waals surface area (Å²) in [6.45, 7) is 8.39. The molecule has 0 saturated carbocycles. The second-order valence-corrected chi connectivity index (χ2v) is 9.27. The minimum absolute atomic E-state index is 0.365. The Morgan fingerprint density at radius 1 is 1.22 bits per heavy atom. The molecule has 0 N–H and O–H groups in total. The van der Waals surface area contributed by atoms with Gasteiger partial charge in [-0.15, -0.1) is 0 Å². The Morgan fingerprint density at radius 2 is 1.83 bits per heavy atom. The van der Waals surface area contributed by atoms with Gasteiger partial charge in [-0.1, -0.05) is 30.3 Å². The van der Waals surface area contributed by atoms with E-state index in [1.807, 2.05) is 30.3 Å². The van der Waals surface area contributed by atoms with Gasteiger partial charge in [0.2, 0.25) is 8.32 Å². The zero-order valence-corrected chi connectivity index (χ0v) is 12.4. The van der Waals surface area contributed by atoms with Crippen LogP contribution in [0.1, 0.15) is 12.5 Å². The van der Waals surface area contributed by atoms with Gasteiger partial charge < -0.3 is 9.16 Å². The van der Waals surface area contributed by atoms with Crippen LogP contribution >= 0.6 is 0 Å². The zero-order valence-electron chi connectivity index (χ0n) is 11.4. The molecule has 0 bridgehead atoms. The van der Waals surface area contributed by atoms with Crippen LogP contribution in [0.2, 0.25) is 19.6 Å². The predicted octanol–water partition coefficient (Wildman–Crippen LogP) is 3.44. The summed E-state index contributed by atoms with van der Waals surface area (Å²) in [7, 11) is -1.77. The number of carbonyl (C=O) groups is 1. The Balaban J connectivity index is 2.99. The second kappa shape index (κ2) is 6.40. The van der Waals surface area contributed by atoms with E-state index < -0.39 is 8.32 Å². The molecule has 0 radical (unpaired) electrons. The van der Waals surface area contributed by atoms with Gasteiger partial charge in [0.25, 0.3) is 0 Å². The minimum Gasteiger partial charge on any atom is -0.544 e. The second-order valence-electron chi connectivity index (χ2n) is 4.84. The van der Waals surface area contributed by atoms with Crippen LogP contribution in [0.15, 0.2) is 36.4 Å². The number of carbonyl (C=O) groups excluding carboxylic acids is 1. The molecule has 1 aromatic carbocycles. The molecule has 0 fully saturated rings. The van der Waals surface area contributed by atoms with Gasteiger partial charge in [-0.25, -0.2) is 4.79 Å². The maximum absolute atomic E-state index is 11.5. The average Bonchev–Trinajstić information content (AvgIpc) is 2.28. The lowest BCUT2D eigenvalue weighted by Crippen LogP contribution is -2.24. The number of rotatable bonds is 5. The molecule has 1 rings (SSSR count). The van der Waals surface area contributed by atoms with Crippen molar-refractivity contribution in [2.24, 2.45) is 0 Å². The number of hydrogen-bond acceptors (Lipinski definition) is 3. The number of hydrogen-bond donors (Lipinski definition) is 0. The quantitative estimate of drug-likeness (QED) is 0.354. The van der Waals surface area contributed by atoms with Crippen molar-refractivity contribution in [2.45, 2.75) is 26.6 Å². The smallest absolute Gasteiger partial charge is 0.334 e. The molecule has 0 aliphatic heterocycles. The zero-order chi connectivity index (χ0) is 13.6. The van der Waals surface area contributed by atoms with Gasteiger partial charge >= 0.3 is 5.97 Å². The fraction of sp³-hybridized carbons (Fsp3) is 0.357. The van der Waals surface area contributed by atoms with Crippen molar-refractivity contribution in [3.8, 4) is 0 Å². The first kappa shape index (κ1) is 14.5. The van der Waals surface area contributed by atoms with E-state index in [0.717, 1.165) is 5.56 Å². The van der Waals surface area contributed by atoms with Gasteiger partial charge in [0, 0.05) is 5.56 Å². The predicted molar refractivity (Wildman–Crippen MR) is 75.5 cm³/mol. The van der Waals surface area contributed by atoms with Crippen molar-refractivity contribution in [1.29, 1.82) is 0 Å². The van der Waals surface area contributed by atoms with E-state index in [9.17, 15) is 4.79 Å². The summed E-state index contributed by atoms with van der Waals surface area (Å²) in [5, 5.41) is 0. The van der Waals surface area contributed by atoms with Crippen molar-refractivity contribution in [3.05, 3.63) is 42.0 Å². The van der Waals surface area contributed by atoms with Crippen LogP contribution in [-0.2, 0) is 14.0 Å². The van der Waals surface area contributed by atoms with Crippen LogP contribution in [0.4, 0.5) is 0 Å². The lowest BCUT2D eigenvalue weighted by atomic mass is 10.2. The summed E-state index contributed by atoms with van der Waals surface area (Å²) in [5.41, 5.74) is 0.896. The lowest BCUT2D eigenvalue weighted by molar-refractivity contribution is -0.137. The van der Waals surface area contributed by atoms with Crippen molar-refractivity contribution in [2.75, 3.05) is 6.61 Å². The largest absolute Gasteiger partial charge is 0.544 e. The van der Waals surface area contributed by atoms with E-state index in [0.29, 0.717) is 12.4 Å². The molecular formula is C14H20O3Si. The summed E-state index contributed by atoms with van der Waals surface area (Å²) in [5.74, 6) is 0.225. The summed E-state index contributed by atoms with van der Waals surface area (Å²) in [6, 6.07) is 9.61. The number of esters is 1. The van der Waals surface area contributed by atoms with Crippen molar-refractivity contribution in [1.82, 2.24) is 0 Å². The third-order valence-corrected chi connectivity index (χ3v) is 2.84. The molecule has 4 heteroatoms. The number of benzene rings is 1. The van der Waals surface area contributed by atoms with Crippen molar-refractivity contribution < 1.29 is 14.0 Å². The molecule has 0 aromatic heterocycles. The maximum atomic E-state index is 11.5. The average molecular weight is 264 g/mol. The highest BCUT2D eigenvalue weighted by atomic mass is 28.4. The molecule has 0 saturated heterocycles. The molecule has 3 nitrogen and oxygen atoms in total. The van der Waals surface area contributed by atoms with E-state index in [4.69, 9.17) is 9.16 Å². The molecule has 0 aliphatic rings. The summed E-state index contributed by atoms with van der Waals surface area (Å²) >= 11 is 0. The van der Waals surface area contributed by atoms with E-state index in [1.54, 1.807) is 6.92 Å². The molecule has 1 aromatic rings. The Bertz CT molecular complexity index is 418. The molecule has 18 heavy (non-hydrogen) atoms. The van der Waals surface area contributed by atoms with Crippen LogP contribution in [0.5, 0.6) is 0 Å². The first-order valence-corrected chi connectivity index (χ1v) is 9.46. The number of ether oxygens (including phenoxy) is 1. The Hall–Kier alpha value is -1.55. The minimum atomic E-state index is -1.77. The van der Waals surface area contributed by atoms with Crippen LogP contribution in [0, 0.1) is 0 Å². The van der Waals surface area contributed by atoms with Crippen molar-refractivity contribution >= 4 is 20.0 Å². The van der Waals surface area contributed by atoms with Crippen molar-refractivity contribution in [3.63, 3.8) is 0 Å². The van der Waals surface area contributed by atoms with E-state index in [2.05, 4.69) is 19.6 Å². The van der Waals surface area contributed by atoms with Gasteiger partial charge in [0.1, 0.15) is 5.76 Å². The molecule has 0 aliphatic carbocycles. The highest BCUT2D eigenvalue weighted by Gasteiger charge is 2.19. The highest BCUT2D eigenvalue weighted by molar-refractivity contribution is 6.70. The van der Waals surface area contributed by atoms with E-state index >= 15 is 0 Å². The van der Waals surface area contributed by atoms with E-state index in [1.165, 1.54) is 6.08 Å². The van der Waals surface area contributed by atoms with Gasteiger partial charge in [0.05, 0.1) is 12.7 Å². The third kappa shape index (κ3) is 5.18. The van der Waals surface area contributed by atoms with Gasteiger partial charge in [-0.05, 0) is 26.6 Å². The molecule has 0 amide bonds. The Labute approximate surface area is 110 Å². The summed E-state index contributed by atoms with van der Waals surface area (Å²) in [6.07, 6.45) is 1.43. The van der Waals surface area contributed by atoms with Gasteiger partial charge in [-0.3, -0.25) is 0 Å². The molecule has 0 unspecified atom stereocenters. The molecule has 0 atom stereocenters. The Kier molecular flexibility index (Phi) is 5.16. The third-order valence-electron chi connectivity index (χ3n) is 2.01. The van der Waals surface area contributed by atoms with Gasteiger partial charge in [0.15, 0.2) is 0 Å². The molecule has 0 heterocycles. The standard InChI is InChI=1S/C14H20O3Si/c1-5-16-14(15)11-13(17-18(2,3)4)12-9-7-6-8-10-12/h6-11H,5H2,1-4H3/b13-11-.